The van der Waals surface area contributed by atoms with E-state index in [2.05, 4.69) is 11.9 Å². The maximum atomic E-state index is 14.8. The largest absolute Gasteiger partial charge is 0.462 e. The molecular weight excluding hydrogens is 375 g/mol. The van der Waals surface area contributed by atoms with Crippen molar-refractivity contribution in [1.82, 2.24) is 0 Å². The number of ether oxygens (including phenoxy) is 2. The van der Waals surface area contributed by atoms with E-state index in [1.54, 1.807) is 24.9 Å². The van der Waals surface area contributed by atoms with Gasteiger partial charge in [0.1, 0.15) is 11.4 Å². The van der Waals surface area contributed by atoms with E-state index in [1.165, 1.54) is 6.07 Å². The lowest BCUT2D eigenvalue weighted by atomic mass is 9.98. The van der Waals surface area contributed by atoms with Crippen LogP contribution < -0.4 is 10.2 Å². The van der Waals surface area contributed by atoms with Crippen LogP contribution in [0.4, 0.5) is 15.8 Å². The number of esters is 2. The highest BCUT2D eigenvalue weighted by atomic mass is 19.1. The summed E-state index contributed by atoms with van der Waals surface area (Å²) in [6.07, 6.45) is -0.787. The third-order valence-corrected chi connectivity index (χ3v) is 4.73. The molecule has 152 valence electrons. The molecule has 0 bridgehead atoms. The molecule has 0 aliphatic carbocycles. The topological polar surface area (TPSA) is 67.9 Å². The number of hydrogen-bond donors (Lipinski definition) is 1. The maximum absolute atomic E-state index is 14.8. The number of fused-ring (bicyclic) bond motifs is 1. The van der Waals surface area contributed by atoms with Gasteiger partial charge in [-0.1, -0.05) is 36.9 Å². The van der Waals surface area contributed by atoms with Crippen LogP contribution in [0, 0.1) is 5.82 Å². The van der Waals surface area contributed by atoms with E-state index in [1.807, 2.05) is 37.3 Å². The summed E-state index contributed by atoms with van der Waals surface area (Å²) in [5, 5.41) is 3.24. The lowest BCUT2D eigenvalue weighted by Crippen LogP contribution is -2.50. The van der Waals surface area contributed by atoms with Crippen LogP contribution in [0.5, 0.6) is 0 Å². The maximum Gasteiger partial charge on any atom is 0.346 e. The Morgan fingerprint density at radius 1 is 1.17 bits per heavy atom. The van der Waals surface area contributed by atoms with Gasteiger partial charge in [0.05, 0.1) is 24.0 Å². The SMILES string of the molecule is C=C(C(=O)OCC)C(=O)OC1C(C)Nc2ccc(F)c(-c3ccccc3)c2N1C. The number of benzene rings is 2. The van der Waals surface area contributed by atoms with Crippen molar-refractivity contribution in [1.29, 1.82) is 0 Å². The molecule has 2 aromatic carbocycles. The highest BCUT2D eigenvalue weighted by Crippen LogP contribution is 2.43. The van der Waals surface area contributed by atoms with E-state index in [4.69, 9.17) is 9.47 Å². The molecule has 7 heteroatoms. The van der Waals surface area contributed by atoms with E-state index in [9.17, 15) is 14.0 Å². The van der Waals surface area contributed by atoms with Gasteiger partial charge in [0.2, 0.25) is 0 Å². The van der Waals surface area contributed by atoms with Crippen molar-refractivity contribution in [2.24, 2.45) is 0 Å². The number of likely N-dealkylation sites (N-methyl/N-ethyl adjacent to an activating group) is 1. The van der Waals surface area contributed by atoms with Crippen molar-refractivity contribution in [3.63, 3.8) is 0 Å². The minimum atomic E-state index is -0.880. The van der Waals surface area contributed by atoms with Gasteiger partial charge in [-0.15, -0.1) is 0 Å². The summed E-state index contributed by atoms with van der Waals surface area (Å²) < 4.78 is 25.1. The Balaban J connectivity index is 1.95. The number of hydrogen-bond acceptors (Lipinski definition) is 6. The number of anilines is 2. The molecule has 0 radical (unpaired) electrons. The fraction of sp³-hybridized carbons (Fsp3) is 0.273. The first kappa shape index (κ1) is 20.4. The summed E-state index contributed by atoms with van der Waals surface area (Å²) in [4.78, 5) is 25.9. The van der Waals surface area contributed by atoms with Gasteiger partial charge in [-0.2, -0.15) is 0 Å². The molecule has 1 aliphatic heterocycles. The molecule has 3 rings (SSSR count). The van der Waals surface area contributed by atoms with Crippen LogP contribution in [-0.2, 0) is 19.1 Å². The van der Waals surface area contributed by atoms with Gasteiger partial charge in [0.15, 0.2) is 6.23 Å². The predicted octanol–water partition coefficient (Wildman–Crippen LogP) is 3.73. The first-order chi connectivity index (χ1) is 13.8. The second kappa shape index (κ2) is 8.34. The van der Waals surface area contributed by atoms with E-state index >= 15 is 0 Å². The van der Waals surface area contributed by atoms with Crippen LogP contribution in [0.1, 0.15) is 13.8 Å². The van der Waals surface area contributed by atoms with Crippen molar-refractivity contribution in [3.05, 3.63) is 60.4 Å². The van der Waals surface area contributed by atoms with Crippen LogP contribution in [0.15, 0.2) is 54.6 Å². The minimum Gasteiger partial charge on any atom is -0.462 e. The quantitative estimate of drug-likeness (QED) is 0.358. The zero-order chi connectivity index (χ0) is 21.1. The molecule has 1 aliphatic rings. The van der Waals surface area contributed by atoms with Gasteiger partial charge in [-0.05, 0) is 31.5 Å². The molecule has 0 spiro atoms. The summed E-state index contributed by atoms with van der Waals surface area (Å²) >= 11 is 0. The second-order valence-corrected chi connectivity index (χ2v) is 6.72. The number of nitrogens with zero attached hydrogens (tertiary/aromatic N) is 1. The fourth-order valence-electron chi connectivity index (χ4n) is 3.37. The molecule has 0 saturated heterocycles. The Labute approximate surface area is 168 Å². The number of rotatable bonds is 5. The summed E-state index contributed by atoms with van der Waals surface area (Å²) in [5.41, 5.74) is 1.99. The Kier molecular flexibility index (Phi) is 5.87. The molecule has 2 unspecified atom stereocenters. The van der Waals surface area contributed by atoms with Crippen molar-refractivity contribution in [3.8, 4) is 11.1 Å². The Morgan fingerprint density at radius 2 is 1.86 bits per heavy atom. The van der Waals surface area contributed by atoms with Crippen molar-refractivity contribution < 1.29 is 23.5 Å². The van der Waals surface area contributed by atoms with Crippen LogP contribution >= 0.6 is 0 Å². The summed E-state index contributed by atoms with van der Waals surface area (Å²) in [6, 6.07) is 11.9. The minimum absolute atomic E-state index is 0.125. The third-order valence-electron chi connectivity index (χ3n) is 4.73. The number of carbonyl (C=O) groups excluding carboxylic acids is 2. The second-order valence-electron chi connectivity index (χ2n) is 6.72. The van der Waals surface area contributed by atoms with Gasteiger partial charge in [0.25, 0.3) is 0 Å². The third kappa shape index (κ3) is 3.94. The van der Waals surface area contributed by atoms with Gasteiger partial charge >= 0.3 is 11.9 Å². The molecule has 0 amide bonds. The molecule has 0 aromatic heterocycles. The Hall–Kier alpha value is -3.35. The molecule has 29 heavy (non-hydrogen) atoms. The lowest BCUT2D eigenvalue weighted by molar-refractivity contribution is -0.150. The summed E-state index contributed by atoms with van der Waals surface area (Å²) in [5.74, 6) is -2.10. The van der Waals surface area contributed by atoms with Crippen LogP contribution in [-0.4, -0.2) is 37.9 Å². The molecule has 1 heterocycles. The van der Waals surface area contributed by atoms with Gasteiger partial charge in [0, 0.05) is 12.6 Å². The van der Waals surface area contributed by atoms with Gasteiger partial charge < -0.3 is 19.7 Å². The average molecular weight is 398 g/mol. The standard InChI is InChI=1S/C22H23FN2O4/c1-5-28-21(26)13(2)22(27)29-20-14(3)24-17-12-11-16(23)18(19(17)25(20)4)15-9-7-6-8-10-15/h6-12,14,20,24H,2,5H2,1,3-4H3. The molecule has 2 atom stereocenters. The Morgan fingerprint density at radius 3 is 2.52 bits per heavy atom. The van der Waals surface area contributed by atoms with Gasteiger partial charge in [-0.3, -0.25) is 0 Å². The van der Waals surface area contributed by atoms with Gasteiger partial charge in [-0.25, -0.2) is 14.0 Å². The summed E-state index contributed by atoms with van der Waals surface area (Å²) in [7, 11) is 1.72. The molecule has 0 saturated carbocycles. The molecule has 1 N–H and O–H groups in total. The highest BCUT2D eigenvalue weighted by molar-refractivity contribution is 6.13. The first-order valence-electron chi connectivity index (χ1n) is 9.29. The number of carbonyl (C=O) groups is 2. The summed E-state index contributed by atoms with van der Waals surface area (Å²) in [6.45, 7) is 7.05. The lowest BCUT2D eigenvalue weighted by Gasteiger charge is -2.41. The van der Waals surface area contributed by atoms with E-state index < -0.39 is 18.2 Å². The average Bonchev–Trinajstić information content (AvgIpc) is 2.71. The fourth-order valence-corrected chi connectivity index (χ4v) is 3.37. The van der Waals surface area contributed by atoms with Crippen LogP contribution in [0.25, 0.3) is 11.1 Å². The smallest absolute Gasteiger partial charge is 0.346 e. The van der Waals surface area contributed by atoms with Crippen LogP contribution in [0.3, 0.4) is 0 Å². The Bertz CT molecular complexity index is 945. The van der Waals surface area contributed by atoms with Crippen molar-refractivity contribution in [2.75, 3.05) is 23.9 Å². The van der Waals surface area contributed by atoms with E-state index in [0.29, 0.717) is 16.8 Å². The monoisotopic (exact) mass is 398 g/mol. The van der Waals surface area contributed by atoms with Crippen molar-refractivity contribution >= 4 is 23.3 Å². The molecule has 6 nitrogen and oxygen atoms in total. The zero-order valence-corrected chi connectivity index (χ0v) is 16.6. The first-order valence-corrected chi connectivity index (χ1v) is 9.29. The van der Waals surface area contributed by atoms with Crippen molar-refractivity contribution in [2.45, 2.75) is 26.1 Å². The molecule has 0 fully saturated rings. The number of halogens is 1. The highest BCUT2D eigenvalue weighted by Gasteiger charge is 2.36. The van der Waals surface area contributed by atoms with E-state index in [-0.39, 0.29) is 24.0 Å². The van der Waals surface area contributed by atoms with Crippen LogP contribution in [0.2, 0.25) is 0 Å². The van der Waals surface area contributed by atoms with E-state index in [0.717, 1.165) is 5.69 Å². The molecule has 2 aromatic rings. The predicted molar refractivity (Wildman–Crippen MR) is 109 cm³/mol. The number of nitrogens with one attached hydrogen (secondary N) is 1. The zero-order valence-electron chi connectivity index (χ0n) is 16.6. The molecular formula is C22H23FN2O4. The normalized spacial score (nSPS) is 17.7.